The molecule has 0 saturated carbocycles. The Balaban J connectivity index is 2.04. The molecule has 0 aromatic heterocycles. The third-order valence-electron chi connectivity index (χ3n) is 6.63. The predicted octanol–water partition coefficient (Wildman–Crippen LogP) is 6.74. The van der Waals surface area contributed by atoms with Crippen molar-refractivity contribution >= 4 is 0 Å². The summed E-state index contributed by atoms with van der Waals surface area (Å²) < 4.78 is 86.9. The van der Waals surface area contributed by atoms with E-state index in [1.165, 1.54) is 6.07 Å². The van der Waals surface area contributed by atoms with E-state index in [1.807, 2.05) is 6.92 Å². The second-order valence-corrected chi connectivity index (χ2v) is 9.21. The Morgan fingerprint density at radius 3 is 1.90 bits per heavy atom. The van der Waals surface area contributed by atoms with E-state index in [1.54, 1.807) is 43.3 Å². The van der Waals surface area contributed by atoms with Gasteiger partial charge in [-0.15, -0.1) is 0 Å². The zero-order valence-corrected chi connectivity index (χ0v) is 21.5. The summed E-state index contributed by atoms with van der Waals surface area (Å²) in [6.45, 7) is 3.26. The molecule has 0 bridgehead atoms. The van der Waals surface area contributed by atoms with Crippen molar-refractivity contribution in [2.45, 2.75) is 70.9 Å². The lowest BCUT2D eigenvalue weighted by Crippen LogP contribution is -2.53. The van der Waals surface area contributed by atoms with Gasteiger partial charge in [0.05, 0.1) is 13.2 Å². The molecule has 3 aromatic rings. The smallest absolute Gasteiger partial charge is 0.430 e. The SMILES string of the molecule is CCCc1cc(C(O)(C(F)(F)F)C(F)(F)F)ccc1-c1cc(OCc2ccc(CO)c(CO)c2)ccc1CC. The molecule has 0 amide bonds. The van der Waals surface area contributed by atoms with E-state index in [9.17, 15) is 41.7 Å². The summed E-state index contributed by atoms with van der Waals surface area (Å²) in [5.74, 6) is 0.424. The normalized spacial score (nSPS) is 12.6. The van der Waals surface area contributed by atoms with Crippen LogP contribution in [0.1, 0.15) is 53.6 Å². The molecule has 39 heavy (non-hydrogen) atoms. The Kier molecular flexibility index (Phi) is 9.35. The van der Waals surface area contributed by atoms with E-state index >= 15 is 0 Å². The van der Waals surface area contributed by atoms with Gasteiger partial charge in [-0.05, 0) is 70.0 Å². The van der Waals surface area contributed by atoms with E-state index < -0.39 is 23.5 Å². The fourth-order valence-electron chi connectivity index (χ4n) is 4.49. The molecule has 0 radical (unpaired) electrons. The maximum atomic E-state index is 13.5. The Labute approximate surface area is 222 Å². The molecule has 0 heterocycles. The van der Waals surface area contributed by atoms with Crippen molar-refractivity contribution in [1.82, 2.24) is 0 Å². The van der Waals surface area contributed by atoms with E-state index in [0.29, 0.717) is 46.9 Å². The second kappa shape index (κ2) is 12.0. The van der Waals surface area contributed by atoms with Crippen LogP contribution in [0.15, 0.2) is 54.6 Å². The quantitative estimate of drug-likeness (QED) is 0.242. The molecule has 0 aliphatic heterocycles. The number of aryl methyl sites for hydroxylation is 2. The van der Waals surface area contributed by atoms with Crippen LogP contribution in [-0.2, 0) is 38.3 Å². The van der Waals surface area contributed by atoms with Crippen molar-refractivity contribution < 1.29 is 46.4 Å². The summed E-state index contributed by atoms with van der Waals surface area (Å²) in [5, 5.41) is 28.8. The fourth-order valence-corrected chi connectivity index (χ4v) is 4.49. The number of hydrogen-bond acceptors (Lipinski definition) is 4. The van der Waals surface area contributed by atoms with Gasteiger partial charge in [-0.2, -0.15) is 26.3 Å². The molecule has 0 saturated heterocycles. The van der Waals surface area contributed by atoms with Crippen molar-refractivity contribution in [2.24, 2.45) is 0 Å². The Morgan fingerprint density at radius 2 is 1.33 bits per heavy atom. The molecule has 0 fully saturated rings. The zero-order valence-electron chi connectivity index (χ0n) is 21.5. The lowest BCUT2D eigenvalue weighted by Gasteiger charge is -2.33. The van der Waals surface area contributed by atoms with Gasteiger partial charge in [-0.1, -0.05) is 56.7 Å². The number of benzene rings is 3. The highest BCUT2D eigenvalue weighted by Crippen LogP contribution is 2.50. The van der Waals surface area contributed by atoms with Gasteiger partial charge in [-0.3, -0.25) is 0 Å². The molecule has 3 N–H and O–H groups in total. The minimum atomic E-state index is -5.97. The molecule has 0 aliphatic carbocycles. The number of aliphatic hydroxyl groups excluding tert-OH is 2. The van der Waals surface area contributed by atoms with Crippen molar-refractivity contribution in [1.29, 1.82) is 0 Å². The van der Waals surface area contributed by atoms with E-state index in [4.69, 9.17) is 4.74 Å². The van der Waals surface area contributed by atoms with E-state index in [0.717, 1.165) is 17.2 Å². The molecular weight excluding hydrogens is 526 g/mol. The first-order valence-electron chi connectivity index (χ1n) is 12.4. The van der Waals surface area contributed by atoms with Gasteiger partial charge in [0.15, 0.2) is 0 Å². The molecular formula is C29H30F6O4. The van der Waals surface area contributed by atoms with Crippen molar-refractivity contribution in [3.63, 3.8) is 0 Å². The Morgan fingerprint density at radius 1 is 0.692 bits per heavy atom. The second-order valence-electron chi connectivity index (χ2n) is 9.21. The molecule has 0 unspecified atom stereocenters. The summed E-state index contributed by atoms with van der Waals surface area (Å²) in [6, 6.07) is 12.9. The number of alkyl halides is 6. The average molecular weight is 557 g/mol. The summed E-state index contributed by atoms with van der Waals surface area (Å²) in [7, 11) is 0. The van der Waals surface area contributed by atoms with Crippen LogP contribution in [0.2, 0.25) is 0 Å². The molecule has 212 valence electrons. The summed E-state index contributed by atoms with van der Waals surface area (Å²) >= 11 is 0. The van der Waals surface area contributed by atoms with Crippen LogP contribution < -0.4 is 4.74 Å². The number of hydrogen-bond donors (Lipinski definition) is 3. The zero-order chi connectivity index (χ0) is 29.0. The first kappa shape index (κ1) is 30.5. The van der Waals surface area contributed by atoms with Crippen molar-refractivity contribution in [3.8, 4) is 16.9 Å². The van der Waals surface area contributed by atoms with Crippen LogP contribution >= 0.6 is 0 Å². The van der Waals surface area contributed by atoms with Gasteiger partial charge in [0.1, 0.15) is 12.4 Å². The lowest BCUT2D eigenvalue weighted by atomic mass is 9.85. The molecule has 3 aromatic carbocycles. The number of ether oxygens (including phenoxy) is 1. The maximum Gasteiger partial charge on any atom is 0.430 e. The van der Waals surface area contributed by atoms with Gasteiger partial charge >= 0.3 is 12.4 Å². The van der Waals surface area contributed by atoms with Gasteiger partial charge in [0.2, 0.25) is 0 Å². The molecule has 0 spiro atoms. The van der Waals surface area contributed by atoms with E-state index in [-0.39, 0.29) is 31.8 Å². The standard InChI is InChI=1S/C29H30F6O4/c1-3-5-20-13-23(27(38,28(30,31)32)29(33,34)35)9-11-25(20)26-14-24(10-8-19(26)4-2)39-17-18-6-7-21(15-36)22(12-18)16-37/h6-14,36-38H,3-5,15-17H2,1-2H3. The molecule has 0 atom stereocenters. The number of rotatable bonds is 10. The first-order chi connectivity index (χ1) is 18.3. The predicted molar refractivity (Wildman–Crippen MR) is 134 cm³/mol. The van der Waals surface area contributed by atoms with Crippen LogP contribution in [0.5, 0.6) is 5.75 Å². The van der Waals surface area contributed by atoms with Crippen molar-refractivity contribution in [2.75, 3.05) is 0 Å². The summed E-state index contributed by atoms with van der Waals surface area (Å²) in [5.41, 5.74) is -2.32. The summed E-state index contributed by atoms with van der Waals surface area (Å²) in [4.78, 5) is 0. The third-order valence-corrected chi connectivity index (χ3v) is 6.63. The molecule has 10 heteroatoms. The topological polar surface area (TPSA) is 69.9 Å². The van der Waals surface area contributed by atoms with Gasteiger partial charge in [-0.25, -0.2) is 0 Å². The summed E-state index contributed by atoms with van der Waals surface area (Å²) in [6.07, 6.45) is -10.8. The van der Waals surface area contributed by atoms with Crippen LogP contribution in [-0.4, -0.2) is 27.7 Å². The molecule has 4 nitrogen and oxygen atoms in total. The van der Waals surface area contributed by atoms with Crippen LogP contribution in [0.4, 0.5) is 26.3 Å². The van der Waals surface area contributed by atoms with Gasteiger partial charge in [0.25, 0.3) is 5.60 Å². The highest BCUT2D eigenvalue weighted by Gasteiger charge is 2.71. The maximum absolute atomic E-state index is 13.5. The number of aliphatic hydroxyl groups is 3. The van der Waals surface area contributed by atoms with Crippen LogP contribution in [0.3, 0.4) is 0 Å². The average Bonchev–Trinajstić information content (AvgIpc) is 2.90. The van der Waals surface area contributed by atoms with Crippen LogP contribution in [0.25, 0.3) is 11.1 Å². The highest BCUT2D eigenvalue weighted by atomic mass is 19.4. The highest BCUT2D eigenvalue weighted by molar-refractivity contribution is 5.73. The number of halogens is 6. The molecule has 3 rings (SSSR count). The molecule has 0 aliphatic rings. The Bertz CT molecular complexity index is 1270. The minimum absolute atomic E-state index is 0.120. The van der Waals surface area contributed by atoms with E-state index in [2.05, 4.69) is 0 Å². The third kappa shape index (κ3) is 6.23. The van der Waals surface area contributed by atoms with Gasteiger partial charge < -0.3 is 20.1 Å². The fraction of sp³-hybridized carbons (Fsp3) is 0.379. The minimum Gasteiger partial charge on any atom is -0.489 e. The van der Waals surface area contributed by atoms with Gasteiger partial charge in [0, 0.05) is 5.56 Å². The first-order valence-corrected chi connectivity index (χ1v) is 12.4. The monoisotopic (exact) mass is 556 g/mol. The largest absolute Gasteiger partial charge is 0.489 e. The van der Waals surface area contributed by atoms with Crippen molar-refractivity contribution in [3.05, 3.63) is 88.0 Å². The van der Waals surface area contributed by atoms with Crippen LogP contribution in [0, 0.1) is 0 Å². The Hall–Kier alpha value is -3.08. The lowest BCUT2D eigenvalue weighted by molar-refractivity contribution is -0.376.